The zero-order valence-corrected chi connectivity index (χ0v) is 12.3. The fourth-order valence-corrected chi connectivity index (χ4v) is 2.73. The molecule has 1 aromatic rings. The van der Waals surface area contributed by atoms with Gasteiger partial charge in [0.15, 0.2) is 0 Å². The summed E-state index contributed by atoms with van der Waals surface area (Å²) < 4.78 is 0. The highest BCUT2D eigenvalue weighted by Crippen LogP contribution is 2.29. The first-order valence-corrected chi connectivity index (χ1v) is 7.35. The Hall–Kier alpha value is -1.55. The predicted molar refractivity (Wildman–Crippen MR) is 81.0 cm³/mol. The molecule has 1 aliphatic carbocycles. The molecule has 0 radical (unpaired) electrons. The number of urea groups is 1. The second kappa shape index (κ2) is 6.27. The molecule has 0 saturated heterocycles. The summed E-state index contributed by atoms with van der Waals surface area (Å²) >= 11 is 0. The van der Waals surface area contributed by atoms with Crippen molar-refractivity contribution in [2.75, 3.05) is 11.9 Å². The summed E-state index contributed by atoms with van der Waals surface area (Å²) in [6.45, 7) is 4.28. The number of anilines is 1. The van der Waals surface area contributed by atoms with E-state index in [1.807, 2.05) is 24.3 Å². The Morgan fingerprint density at radius 2 is 1.85 bits per heavy atom. The largest absolute Gasteiger partial charge is 0.394 e. The molecule has 2 amide bonds. The molecular weight excluding hydrogens is 252 g/mol. The summed E-state index contributed by atoms with van der Waals surface area (Å²) in [7, 11) is 0. The van der Waals surface area contributed by atoms with Gasteiger partial charge in [0.2, 0.25) is 0 Å². The lowest BCUT2D eigenvalue weighted by atomic mass is 9.99. The monoisotopic (exact) mass is 276 g/mol. The van der Waals surface area contributed by atoms with Gasteiger partial charge in [0.1, 0.15) is 0 Å². The molecule has 0 unspecified atom stereocenters. The SMILES string of the molecule is CC(C)c1ccc(NC(=O)NC2(CO)CCCC2)cc1. The maximum atomic E-state index is 12.0. The van der Waals surface area contributed by atoms with Crippen LogP contribution in [0.4, 0.5) is 10.5 Å². The van der Waals surface area contributed by atoms with Crippen LogP contribution in [0.1, 0.15) is 51.0 Å². The van der Waals surface area contributed by atoms with Crippen LogP contribution in [0.15, 0.2) is 24.3 Å². The van der Waals surface area contributed by atoms with E-state index in [4.69, 9.17) is 0 Å². The van der Waals surface area contributed by atoms with Gasteiger partial charge in [-0.25, -0.2) is 4.79 Å². The van der Waals surface area contributed by atoms with Crippen LogP contribution in [-0.2, 0) is 0 Å². The van der Waals surface area contributed by atoms with Crippen LogP contribution in [0, 0.1) is 0 Å². The number of rotatable bonds is 4. The van der Waals surface area contributed by atoms with E-state index < -0.39 is 5.54 Å². The summed E-state index contributed by atoms with van der Waals surface area (Å²) in [5, 5.41) is 15.2. The molecule has 20 heavy (non-hydrogen) atoms. The number of carbonyl (C=O) groups is 1. The van der Waals surface area contributed by atoms with E-state index in [9.17, 15) is 9.90 Å². The van der Waals surface area contributed by atoms with Gasteiger partial charge in [-0.05, 0) is 36.5 Å². The van der Waals surface area contributed by atoms with E-state index >= 15 is 0 Å². The third kappa shape index (κ3) is 3.51. The predicted octanol–water partition coefficient (Wildman–Crippen LogP) is 3.24. The highest BCUT2D eigenvalue weighted by atomic mass is 16.3. The average molecular weight is 276 g/mol. The molecule has 3 N–H and O–H groups in total. The molecule has 1 fully saturated rings. The Bertz CT molecular complexity index is 448. The van der Waals surface area contributed by atoms with Crippen molar-refractivity contribution in [2.45, 2.75) is 51.0 Å². The second-order valence-electron chi connectivity index (χ2n) is 6.00. The minimum atomic E-state index is -0.429. The number of benzene rings is 1. The number of hydrogen-bond donors (Lipinski definition) is 3. The van der Waals surface area contributed by atoms with Crippen LogP contribution in [0.3, 0.4) is 0 Å². The van der Waals surface area contributed by atoms with Crippen molar-refractivity contribution in [3.63, 3.8) is 0 Å². The zero-order valence-electron chi connectivity index (χ0n) is 12.3. The molecule has 0 bridgehead atoms. The molecule has 0 spiro atoms. The van der Waals surface area contributed by atoms with Crippen molar-refractivity contribution in [2.24, 2.45) is 0 Å². The Balaban J connectivity index is 1.94. The number of aliphatic hydroxyl groups excluding tert-OH is 1. The summed E-state index contributed by atoms with van der Waals surface area (Å²) in [4.78, 5) is 12.0. The summed E-state index contributed by atoms with van der Waals surface area (Å²) in [6, 6.07) is 7.64. The number of hydrogen-bond acceptors (Lipinski definition) is 2. The Labute approximate surface area is 120 Å². The van der Waals surface area contributed by atoms with Crippen LogP contribution in [-0.4, -0.2) is 23.3 Å². The lowest BCUT2D eigenvalue weighted by Crippen LogP contribution is -2.50. The number of nitrogens with one attached hydrogen (secondary N) is 2. The summed E-state index contributed by atoms with van der Waals surface area (Å²) in [6.07, 6.45) is 3.82. The quantitative estimate of drug-likeness (QED) is 0.790. The molecule has 2 rings (SSSR count). The molecule has 110 valence electrons. The Morgan fingerprint density at radius 3 is 2.35 bits per heavy atom. The van der Waals surface area contributed by atoms with Gasteiger partial charge in [0.25, 0.3) is 0 Å². The van der Waals surface area contributed by atoms with Crippen molar-refractivity contribution >= 4 is 11.7 Å². The van der Waals surface area contributed by atoms with Gasteiger partial charge in [-0.2, -0.15) is 0 Å². The van der Waals surface area contributed by atoms with Gasteiger partial charge < -0.3 is 15.7 Å². The lowest BCUT2D eigenvalue weighted by molar-refractivity contribution is 0.167. The fourth-order valence-electron chi connectivity index (χ4n) is 2.73. The Kier molecular flexibility index (Phi) is 4.65. The molecule has 1 saturated carbocycles. The van der Waals surface area contributed by atoms with Gasteiger partial charge in [-0.3, -0.25) is 0 Å². The average Bonchev–Trinajstić information content (AvgIpc) is 2.88. The van der Waals surface area contributed by atoms with Gasteiger partial charge in [0, 0.05) is 5.69 Å². The summed E-state index contributed by atoms with van der Waals surface area (Å²) in [5.41, 5.74) is 1.60. The van der Waals surface area contributed by atoms with Gasteiger partial charge in [-0.1, -0.05) is 38.8 Å². The van der Waals surface area contributed by atoms with Crippen LogP contribution in [0.25, 0.3) is 0 Å². The lowest BCUT2D eigenvalue weighted by Gasteiger charge is -2.28. The molecular formula is C16H24N2O2. The third-order valence-electron chi connectivity index (χ3n) is 4.08. The topological polar surface area (TPSA) is 61.4 Å². The van der Waals surface area contributed by atoms with E-state index in [0.29, 0.717) is 5.92 Å². The molecule has 0 aliphatic heterocycles. The van der Waals surface area contributed by atoms with Crippen LogP contribution in [0.5, 0.6) is 0 Å². The first-order chi connectivity index (χ1) is 9.54. The van der Waals surface area contributed by atoms with Crippen molar-refractivity contribution in [3.05, 3.63) is 29.8 Å². The number of carbonyl (C=O) groups excluding carboxylic acids is 1. The second-order valence-corrected chi connectivity index (χ2v) is 6.00. The van der Waals surface area contributed by atoms with Crippen LogP contribution in [0.2, 0.25) is 0 Å². The van der Waals surface area contributed by atoms with Crippen LogP contribution >= 0.6 is 0 Å². The zero-order chi connectivity index (χ0) is 14.6. The first-order valence-electron chi connectivity index (χ1n) is 7.35. The molecule has 0 atom stereocenters. The molecule has 0 heterocycles. The van der Waals surface area contributed by atoms with Crippen molar-refractivity contribution in [1.29, 1.82) is 0 Å². The minimum Gasteiger partial charge on any atom is -0.394 e. The van der Waals surface area contributed by atoms with Crippen LogP contribution < -0.4 is 10.6 Å². The van der Waals surface area contributed by atoms with E-state index in [-0.39, 0.29) is 12.6 Å². The number of amides is 2. The van der Waals surface area contributed by atoms with E-state index in [2.05, 4.69) is 24.5 Å². The third-order valence-corrected chi connectivity index (χ3v) is 4.08. The van der Waals surface area contributed by atoms with Gasteiger partial charge >= 0.3 is 6.03 Å². The highest BCUT2D eigenvalue weighted by Gasteiger charge is 2.34. The number of aliphatic hydroxyl groups is 1. The van der Waals surface area contributed by atoms with Gasteiger partial charge in [0.05, 0.1) is 12.1 Å². The van der Waals surface area contributed by atoms with E-state index in [1.165, 1.54) is 5.56 Å². The maximum Gasteiger partial charge on any atom is 0.319 e. The molecule has 4 heteroatoms. The van der Waals surface area contributed by atoms with E-state index in [1.54, 1.807) is 0 Å². The normalized spacial score (nSPS) is 17.2. The van der Waals surface area contributed by atoms with Crippen molar-refractivity contribution < 1.29 is 9.90 Å². The van der Waals surface area contributed by atoms with E-state index in [0.717, 1.165) is 31.4 Å². The highest BCUT2D eigenvalue weighted by molar-refractivity contribution is 5.89. The Morgan fingerprint density at radius 1 is 1.25 bits per heavy atom. The van der Waals surface area contributed by atoms with Crippen molar-refractivity contribution in [1.82, 2.24) is 5.32 Å². The smallest absolute Gasteiger partial charge is 0.319 e. The van der Waals surface area contributed by atoms with Gasteiger partial charge in [-0.15, -0.1) is 0 Å². The molecule has 1 aromatic carbocycles. The fraction of sp³-hybridized carbons (Fsp3) is 0.562. The first kappa shape index (κ1) is 14.9. The molecule has 0 aromatic heterocycles. The maximum absolute atomic E-state index is 12.0. The standard InChI is InChI=1S/C16H24N2O2/c1-12(2)13-5-7-14(8-6-13)17-15(20)18-16(11-19)9-3-4-10-16/h5-8,12,19H,3-4,9-11H2,1-2H3,(H2,17,18,20). The minimum absolute atomic E-state index is 0.00665. The van der Waals surface area contributed by atoms with Crippen molar-refractivity contribution in [3.8, 4) is 0 Å². The molecule has 4 nitrogen and oxygen atoms in total. The summed E-state index contributed by atoms with van der Waals surface area (Å²) in [5.74, 6) is 0.481. The molecule has 1 aliphatic rings.